The van der Waals surface area contributed by atoms with Crippen molar-refractivity contribution in [1.82, 2.24) is 9.29 Å². The summed E-state index contributed by atoms with van der Waals surface area (Å²) < 4.78 is 32.3. The third kappa shape index (κ3) is 2.86. The predicted molar refractivity (Wildman–Crippen MR) is 86.0 cm³/mol. The molecule has 0 fully saturated rings. The van der Waals surface area contributed by atoms with Crippen LogP contribution in [0.25, 0.3) is 0 Å². The van der Waals surface area contributed by atoms with Gasteiger partial charge < -0.3 is 4.74 Å². The highest BCUT2D eigenvalue weighted by Crippen LogP contribution is 2.38. The van der Waals surface area contributed by atoms with Gasteiger partial charge in [0.15, 0.2) is 0 Å². The molecule has 1 aromatic carbocycles. The summed E-state index contributed by atoms with van der Waals surface area (Å²) in [7, 11) is -2.08. The molecule has 5 nitrogen and oxygen atoms in total. The first-order valence-electron chi connectivity index (χ1n) is 6.71. The second-order valence-corrected chi connectivity index (χ2v) is 8.64. The summed E-state index contributed by atoms with van der Waals surface area (Å²) in [5.74, 6) is 0.593. The lowest BCUT2D eigenvalue weighted by molar-refractivity contribution is 0.255. The average molecular weight is 359 g/mol. The summed E-state index contributed by atoms with van der Waals surface area (Å²) in [6.07, 6.45) is 2.33. The van der Waals surface area contributed by atoms with E-state index in [1.807, 2.05) is 12.3 Å². The lowest BCUT2D eigenvalue weighted by atomic mass is 10.1. The Hall–Kier alpha value is -1.15. The van der Waals surface area contributed by atoms with Gasteiger partial charge in [-0.25, -0.2) is 13.4 Å². The second-order valence-electron chi connectivity index (χ2n) is 5.21. The molecule has 0 aliphatic carbocycles. The SMILES string of the molecule is CC1Cc2cc(S(=O)(=O)N(C)Cc3nccs3)cc(Cl)c2O1. The number of aromatic nitrogens is 1. The minimum absolute atomic E-state index is 0.0125. The molecule has 0 saturated carbocycles. The van der Waals surface area contributed by atoms with Gasteiger partial charge in [-0.3, -0.25) is 0 Å². The highest BCUT2D eigenvalue weighted by atomic mass is 35.5. The molecule has 22 heavy (non-hydrogen) atoms. The maximum absolute atomic E-state index is 12.7. The summed E-state index contributed by atoms with van der Waals surface area (Å²) in [6.45, 7) is 2.17. The van der Waals surface area contributed by atoms with E-state index < -0.39 is 10.0 Å². The molecule has 1 unspecified atom stereocenters. The minimum Gasteiger partial charge on any atom is -0.489 e. The van der Waals surface area contributed by atoms with Crippen LogP contribution in [0.2, 0.25) is 5.02 Å². The normalized spacial score (nSPS) is 17.5. The molecule has 0 saturated heterocycles. The number of rotatable bonds is 4. The zero-order valence-corrected chi connectivity index (χ0v) is 14.5. The topological polar surface area (TPSA) is 59.5 Å². The molecule has 8 heteroatoms. The van der Waals surface area contributed by atoms with Crippen LogP contribution in [0.4, 0.5) is 0 Å². The Labute approximate surface area is 138 Å². The van der Waals surface area contributed by atoms with Crippen LogP contribution in [-0.4, -0.2) is 30.9 Å². The Bertz CT molecular complexity index is 791. The molecule has 1 atom stereocenters. The van der Waals surface area contributed by atoms with Crippen molar-refractivity contribution < 1.29 is 13.2 Å². The van der Waals surface area contributed by atoms with Gasteiger partial charge in [-0.1, -0.05) is 11.6 Å². The first-order valence-corrected chi connectivity index (χ1v) is 9.41. The maximum Gasteiger partial charge on any atom is 0.243 e. The van der Waals surface area contributed by atoms with Crippen LogP contribution in [-0.2, 0) is 23.0 Å². The average Bonchev–Trinajstić information content (AvgIpc) is 3.07. The maximum atomic E-state index is 12.7. The van der Waals surface area contributed by atoms with Crippen molar-refractivity contribution in [2.45, 2.75) is 30.9 Å². The molecule has 1 aliphatic rings. The summed E-state index contributed by atoms with van der Waals surface area (Å²) in [4.78, 5) is 4.30. The van der Waals surface area contributed by atoms with Crippen LogP contribution in [0.1, 0.15) is 17.5 Å². The van der Waals surface area contributed by atoms with Gasteiger partial charge in [-0.2, -0.15) is 4.31 Å². The Morgan fingerprint density at radius 2 is 2.27 bits per heavy atom. The van der Waals surface area contributed by atoms with E-state index in [2.05, 4.69) is 4.98 Å². The summed E-state index contributed by atoms with van der Waals surface area (Å²) in [5.41, 5.74) is 0.834. The van der Waals surface area contributed by atoms with Crippen LogP contribution in [0, 0.1) is 0 Å². The fourth-order valence-corrected chi connectivity index (χ4v) is 4.70. The number of hydrogen-bond acceptors (Lipinski definition) is 5. The number of fused-ring (bicyclic) bond motifs is 1. The zero-order chi connectivity index (χ0) is 15.9. The molecule has 0 N–H and O–H groups in total. The van der Waals surface area contributed by atoms with Crippen LogP contribution >= 0.6 is 22.9 Å². The molecule has 2 heterocycles. The molecule has 3 rings (SSSR count). The van der Waals surface area contributed by atoms with Gasteiger partial charge in [0.05, 0.1) is 16.5 Å². The second kappa shape index (κ2) is 5.81. The monoisotopic (exact) mass is 358 g/mol. The van der Waals surface area contributed by atoms with E-state index in [0.717, 1.165) is 10.6 Å². The molecule has 1 aliphatic heterocycles. The molecule has 0 amide bonds. The van der Waals surface area contributed by atoms with E-state index in [-0.39, 0.29) is 17.5 Å². The quantitative estimate of drug-likeness (QED) is 0.843. The number of halogens is 1. The van der Waals surface area contributed by atoms with Gasteiger partial charge in [0.1, 0.15) is 16.9 Å². The third-order valence-electron chi connectivity index (χ3n) is 3.47. The van der Waals surface area contributed by atoms with Crippen molar-refractivity contribution in [3.63, 3.8) is 0 Å². The highest BCUT2D eigenvalue weighted by Gasteiger charge is 2.28. The van der Waals surface area contributed by atoms with Crippen molar-refractivity contribution in [1.29, 1.82) is 0 Å². The summed E-state index contributed by atoms with van der Waals surface area (Å²) >= 11 is 7.60. The van der Waals surface area contributed by atoms with E-state index in [0.29, 0.717) is 17.2 Å². The van der Waals surface area contributed by atoms with E-state index in [1.54, 1.807) is 12.3 Å². The lowest BCUT2D eigenvalue weighted by Gasteiger charge is -2.17. The highest BCUT2D eigenvalue weighted by molar-refractivity contribution is 7.89. The van der Waals surface area contributed by atoms with E-state index in [9.17, 15) is 8.42 Å². The number of hydrogen-bond donors (Lipinski definition) is 0. The molecule has 0 spiro atoms. The molecule has 0 bridgehead atoms. The largest absolute Gasteiger partial charge is 0.489 e. The van der Waals surface area contributed by atoms with Crippen LogP contribution in [0.5, 0.6) is 5.75 Å². The Kier molecular flexibility index (Phi) is 4.15. The Morgan fingerprint density at radius 3 is 2.95 bits per heavy atom. The van der Waals surface area contributed by atoms with Crippen LogP contribution in [0.15, 0.2) is 28.6 Å². The smallest absolute Gasteiger partial charge is 0.243 e. The number of thiazole rings is 1. The Balaban J connectivity index is 1.93. The van der Waals surface area contributed by atoms with Gasteiger partial charge in [0.25, 0.3) is 0 Å². The predicted octanol–water partition coefficient (Wildman–Crippen LogP) is 2.94. The molecular weight excluding hydrogens is 344 g/mol. The van der Waals surface area contributed by atoms with Crippen molar-refractivity contribution in [3.8, 4) is 5.75 Å². The molecule has 2 aromatic rings. The molecule has 118 valence electrons. The van der Waals surface area contributed by atoms with Crippen LogP contribution in [0.3, 0.4) is 0 Å². The molecular formula is C14H15ClN2O3S2. The number of nitrogens with zero attached hydrogens (tertiary/aromatic N) is 2. The fourth-order valence-electron chi connectivity index (χ4n) is 2.39. The third-order valence-corrected chi connectivity index (χ3v) is 6.30. The van der Waals surface area contributed by atoms with Crippen molar-refractivity contribution in [3.05, 3.63) is 39.3 Å². The molecule has 1 aromatic heterocycles. The van der Waals surface area contributed by atoms with Crippen molar-refractivity contribution in [2.75, 3.05) is 7.05 Å². The van der Waals surface area contributed by atoms with Gasteiger partial charge in [-0.15, -0.1) is 11.3 Å². The first kappa shape index (κ1) is 15.7. The van der Waals surface area contributed by atoms with E-state index in [1.165, 1.54) is 28.8 Å². The Morgan fingerprint density at radius 1 is 1.50 bits per heavy atom. The number of sulfonamides is 1. The van der Waals surface area contributed by atoms with Gasteiger partial charge in [-0.05, 0) is 19.1 Å². The summed E-state index contributed by atoms with van der Waals surface area (Å²) in [5, 5.41) is 2.90. The van der Waals surface area contributed by atoms with E-state index in [4.69, 9.17) is 16.3 Å². The summed E-state index contributed by atoms with van der Waals surface area (Å²) in [6, 6.07) is 3.10. The molecule has 0 radical (unpaired) electrons. The van der Waals surface area contributed by atoms with Crippen LogP contribution < -0.4 is 4.74 Å². The zero-order valence-electron chi connectivity index (χ0n) is 12.1. The van der Waals surface area contributed by atoms with Gasteiger partial charge in [0.2, 0.25) is 10.0 Å². The minimum atomic E-state index is -3.62. The number of ether oxygens (including phenoxy) is 1. The fraction of sp³-hybridized carbons (Fsp3) is 0.357. The number of benzene rings is 1. The lowest BCUT2D eigenvalue weighted by Crippen LogP contribution is -2.26. The first-order chi connectivity index (χ1) is 10.4. The van der Waals surface area contributed by atoms with Gasteiger partial charge in [0, 0.05) is 30.6 Å². The van der Waals surface area contributed by atoms with Gasteiger partial charge >= 0.3 is 0 Å². The van der Waals surface area contributed by atoms with Crippen molar-refractivity contribution in [2.24, 2.45) is 0 Å². The van der Waals surface area contributed by atoms with Crippen molar-refractivity contribution >= 4 is 33.0 Å². The standard InChI is InChI=1S/C14H15ClN2O3S2/c1-9-5-10-6-11(7-12(15)14(10)20-9)22(18,19)17(2)8-13-16-3-4-21-13/h3-4,6-7,9H,5,8H2,1-2H3. The van der Waals surface area contributed by atoms with E-state index >= 15 is 0 Å².